The number of aromatic nitrogens is 5. The van der Waals surface area contributed by atoms with Gasteiger partial charge in [0.25, 0.3) is 0 Å². The topological polar surface area (TPSA) is 70.6 Å². The summed E-state index contributed by atoms with van der Waals surface area (Å²) in [6.07, 6.45) is 10.1. The average molecular weight is 292 g/mol. The van der Waals surface area contributed by atoms with Crippen LogP contribution < -0.4 is 4.90 Å². The van der Waals surface area contributed by atoms with E-state index in [1.165, 1.54) is 18.4 Å². The van der Waals surface area contributed by atoms with E-state index in [9.17, 15) is 0 Å². The quantitative estimate of drug-likeness (QED) is 0.801. The molecular formula is C16H16N6. The first-order valence-corrected chi connectivity index (χ1v) is 7.73. The first kappa shape index (κ1) is 12.1. The summed E-state index contributed by atoms with van der Waals surface area (Å²) < 4.78 is 0. The molecule has 3 aromatic rings. The minimum atomic E-state index is 0.400. The van der Waals surface area contributed by atoms with Crippen molar-refractivity contribution < 1.29 is 0 Å². The molecule has 0 amide bonds. The van der Waals surface area contributed by atoms with Crippen molar-refractivity contribution in [1.29, 1.82) is 0 Å². The number of nitrogens with zero attached hydrogens (tertiary/aromatic N) is 5. The molecule has 0 radical (unpaired) electrons. The Hall–Kier alpha value is -2.50. The van der Waals surface area contributed by atoms with Crippen molar-refractivity contribution in [2.45, 2.75) is 24.7 Å². The monoisotopic (exact) mass is 292 g/mol. The molecular weight excluding hydrogens is 276 g/mol. The van der Waals surface area contributed by atoms with Gasteiger partial charge in [-0.1, -0.05) is 0 Å². The zero-order valence-corrected chi connectivity index (χ0v) is 12.1. The van der Waals surface area contributed by atoms with Crippen LogP contribution in [0, 0.1) is 0 Å². The number of aromatic amines is 1. The summed E-state index contributed by atoms with van der Waals surface area (Å²) in [5.41, 5.74) is 2.18. The lowest BCUT2D eigenvalue weighted by atomic mass is 9.98. The molecule has 6 nitrogen and oxygen atoms in total. The van der Waals surface area contributed by atoms with Crippen molar-refractivity contribution in [2.24, 2.45) is 0 Å². The highest BCUT2D eigenvalue weighted by Gasteiger charge is 2.33. The lowest BCUT2D eigenvalue weighted by molar-refractivity contribution is 0.497. The second-order valence-corrected chi connectivity index (χ2v) is 6.19. The van der Waals surface area contributed by atoms with E-state index in [1.54, 1.807) is 6.33 Å². The van der Waals surface area contributed by atoms with E-state index in [4.69, 9.17) is 0 Å². The minimum absolute atomic E-state index is 0.400. The van der Waals surface area contributed by atoms with Gasteiger partial charge in [-0.05, 0) is 30.4 Å². The Labute approximate surface area is 127 Å². The Balaban J connectivity index is 1.34. The highest BCUT2D eigenvalue weighted by atomic mass is 15.3. The highest BCUT2D eigenvalue weighted by molar-refractivity contribution is 5.87. The number of rotatable bonds is 3. The molecule has 0 atom stereocenters. The number of anilines is 1. The summed E-state index contributed by atoms with van der Waals surface area (Å²) >= 11 is 0. The van der Waals surface area contributed by atoms with E-state index in [-0.39, 0.29) is 0 Å². The van der Waals surface area contributed by atoms with Gasteiger partial charge in [-0.2, -0.15) is 0 Å². The van der Waals surface area contributed by atoms with Crippen LogP contribution in [0.1, 0.15) is 36.1 Å². The van der Waals surface area contributed by atoms with Crippen LogP contribution in [0.3, 0.4) is 0 Å². The first-order chi connectivity index (χ1) is 10.9. The number of hydrogen-bond donors (Lipinski definition) is 1. The normalized spacial score (nSPS) is 18.6. The number of hydrogen-bond acceptors (Lipinski definition) is 5. The highest BCUT2D eigenvalue weighted by Crippen LogP contribution is 2.39. The Morgan fingerprint density at radius 3 is 2.59 bits per heavy atom. The maximum absolute atomic E-state index is 4.57. The van der Waals surface area contributed by atoms with Crippen molar-refractivity contribution >= 4 is 16.9 Å². The van der Waals surface area contributed by atoms with E-state index in [0.29, 0.717) is 5.92 Å². The predicted molar refractivity (Wildman–Crippen MR) is 82.8 cm³/mol. The molecule has 0 unspecified atom stereocenters. The lowest BCUT2D eigenvalue weighted by Crippen LogP contribution is -2.46. The van der Waals surface area contributed by atoms with Gasteiger partial charge in [-0.3, -0.25) is 0 Å². The van der Waals surface area contributed by atoms with Gasteiger partial charge in [-0.15, -0.1) is 0 Å². The van der Waals surface area contributed by atoms with Crippen LogP contribution in [-0.2, 0) is 0 Å². The Kier molecular flexibility index (Phi) is 2.47. The zero-order valence-electron chi connectivity index (χ0n) is 12.1. The van der Waals surface area contributed by atoms with Crippen LogP contribution in [-0.4, -0.2) is 38.0 Å². The first-order valence-electron chi connectivity index (χ1n) is 7.73. The third-order valence-electron chi connectivity index (χ3n) is 4.62. The van der Waals surface area contributed by atoms with Crippen LogP contribution in [0.5, 0.6) is 0 Å². The molecule has 1 saturated heterocycles. The summed E-state index contributed by atoms with van der Waals surface area (Å²) in [6.45, 7) is 1.83. The molecule has 110 valence electrons. The Morgan fingerprint density at radius 2 is 1.82 bits per heavy atom. The smallest absolute Gasteiger partial charge is 0.142 e. The molecule has 3 aromatic heterocycles. The third kappa shape index (κ3) is 1.87. The largest absolute Gasteiger partial charge is 0.354 e. The van der Waals surface area contributed by atoms with Gasteiger partial charge in [0.2, 0.25) is 0 Å². The van der Waals surface area contributed by atoms with Crippen LogP contribution in [0.4, 0.5) is 5.82 Å². The zero-order chi connectivity index (χ0) is 14.5. The number of fused-ring (bicyclic) bond motifs is 1. The fraction of sp³-hybridized carbons (Fsp3) is 0.375. The molecule has 0 bridgehead atoms. The van der Waals surface area contributed by atoms with Gasteiger partial charge in [0, 0.05) is 31.7 Å². The standard InChI is InChI=1S/C16H16N6/c1-2-10(1)11-5-18-14(19-6-11)12-7-22(8-12)16-13-3-4-17-15(13)20-9-21-16/h3-6,9-10,12H,1-2,7-8H2,(H,17,20,21). The van der Waals surface area contributed by atoms with E-state index in [2.05, 4.69) is 29.8 Å². The molecule has 1 saturated carbocycles. The maximum Gasteiger partial charge on any atom is 0.142 e. The molecule has 0 spiro atoms. The number of H-pyrrole nitrogens is 1. The summed E-state index contributed by atoms with van der Waals surface area (Å²) in [6, 6.07) is 2.03. The van der Waals surface area contributed by atoms with Crippen LogP contribution in [0.25, 0.3) is 11.0 Å². The third-order valence-corrected chi connectivity index (χ3v) is 4.62. The van der Waals surface area contributed by atoms with Gasteiger partial charge < -0.3 is 9.88 Å². The van der Waals surface area contributed by atoms with Crippen molar-refractivity contribution in [3.05, 3.63) is 42.4 Å². The second-order valence-electron chi connectivity index (χ2n) is 6.19. The van der Waals surface area contributed by atoms with Gasteiger partial charge in [0.1, 0.15) is 23.6 Å². The van der Waals surface area contributed by atoms with E-state index >= 15 is 0 Å². The van der Waals surface area contributed by atoms with E-state index < -0.39 is 0 Å². The van der Waals surface area contributed by atoms with Crippen LogP contribution in [0.2, 0.25) is 0 Å². The second kappa shape index (κ2) is 4.50. The molecule has 22 heavy (non-hydrogen) atoms. The molecule has 4 heterocycles. The summed E-state index contributed by atoms with van der Waals surface area (Å²) in [5, 5.41) is 1.07. The summed E-state index contributed by atoms with van der Waals surface area (Å²) in [4.78, 5) is 23.2. The van der Waals surface area contributed by atoms with Gasteiger partial charge in [0.05, 0.1) is 11.3 Å². The van der Waals surface area contributed by atoms with E-state index in [1.807, 2.05) is 24.7 Å². The fourth-order valence-corrected chi connectivity index (χ4v) is 3.11. The molecule has 2 aliphatic rings. The molecule has 0 aromatic carbocycles. The Bertz CT molecular complexity index is 814. The van der Waals surface area contributed by atoms with Crippen LogP contribution >= 0.6 is 0 Å². The molecule has 1 aliphatic carbocycles. The van der Waals surface area contributed by atoms with Crippen molar-refractivity contribution in [3.63, 3.8) is 0 Å². The van der Waals surface area contributed by atoms with Crippen molar-refractivity contribution in [1.82, 2.24) is 24.9 Å². The average Bonchev–Trinajstić information content (AvgIpc) is 3.24. The molecule has 2 fully saturated rings. The number of nitrogens with one attached hydrogen (secondary N) is 1. The van der Waals surface area contributed by atoms with Gasteiger partial charge in [-0.25, -0.2) is 19.9 Å². The van der Waals surface area contributed by atoms with Crippen LogP contribution in [0.15, 0.2) is 31.0 Å². The Morgan fingerprint density at radius 1 is 1.00 bits per heavy atom. The van der Waals surface area contributed by atoms with Crippen molar-refractivity contribution in [2.75, 3.05) is 18.0 Å². The molecule has 5 rings (SSSR count). The molecule has 6 heteroatoms. The lowest BCUT2D eigenvalue weighted by Gasteiger charge is -2.39. The summed E-state index contributed by atoms with van der Waals surface area (Å²) in [5.74, 6) is 3.07. The summed E-state index contributed by atoms with van der Waals surface area (Å²) in [7, 11) is 0. The van der Waals surface area contributed by atoms with Gasteiger partial charge >= 0.3 is 0 Å². The molecule has 1 N–H and O–H groups in total. The van der Waals surface area contributed by atoms with E-state index in [0.717, 1.165) is 41.7 Å². The SMILES string of the molecule is c1nc(N2CC(c3ncc(C4CC4)cn3)C2)c2cc[nH]c2n1. The fourth-order valence-electron chi connectivity index (χ4n) is 3.11. The maximum atomic E-state index is 4.57. The van der Waals surface area contributed by atoms with Gasteiger partial charge in [0.15, 0.2) is 0 Å². The predicted octanol–water partition coefficient (Wildman–Crippen LogP) is 2.23. The molecule has 1 aliphatic heterocycles. The van der Waals surface area contributed by atoms with Crippen molar-refractivity contribution in [3.8, 4) is 0 Å². The minimum Gasteiger partial charge on any atom is -0.354 e.